The molecule has 1 aliphatic rings. The Kier molecular flexibility index (Phi) is 4.95. The highest BCUT2D eigenvalue weighted by molar-refractivity contribution is 6.05. The van der Waals surface area contributed by atoms with Gasteiger partial charge in [0.15, 0.2) is 40.7 Å². The number of aromatic nitrogens is 5. The van der Waals surface area contributed by atoms with Crippen LogP contribution in [0.25, 0.3) is 27.6 Å². The maximum absolute atomic E-state index is 14.8. The zero-order chi connectivity index (χ0) is 25.0. The van der Waals surface area contributed by atoms with E-state index in [1.165, 1.54) is 18.3 Å². The topological polar surface area (TPSA) is 124 Å². The summed E-state index contributed by atoms with van der Waals surface area (Å²) in [6, 6.07) is 10.9. The Labute approximate surface area is 201 Å². The molecule has 0 aliphatic carbocycles. The van der Waals surface area contributed by atoms with E-state index in [0.29, 0.717) is 35.6 Å². The van der Waals surface area contributed by atoms with Crippen molar-refractivity contribution in [1.29, 1.82) is 0 Å². The number of nitrogens with two attached hydrogens (primary N) is 1. The van der Waals surface area contributed by atoms with E-state index >= 15 is 0 Å². The summed E-state index contributed by atoms with van der Waals surface area (Å²) >= 11 is 0. The fraction of sp³-hybridized carbons (Fsp3) is 0.167. The van der Waals surface area contributed by atoms with Crippen molar-refractivity contribution < 1.29 is 18.3 Å². The molecule has 2 aromatic carbocycles. The van der Waals surface area contributed by atoms with Crippen molar-refractivity contribution in [2.45, 2.75) is 6.10 Å². The van der Waals surface area contributed by atoms with E-state index in [1.54, 1.807) is 11.9 Å². The van der Waals surface area contributed by atoms with Crippen LogP contribution in [0.1, 0.15) is 0 Å². The summed E-state index contributed by atoms with van der Waals surface area (Å²) in [6.07, 6.45) is 1.16. The molecular weight excluding hydrogens is 472 g/mol. The first kappa shape index (κ1) is 21.8. The summed E-state index contributed by atoms with van der Waals surface area (Å²) in [5, 5.41) is 7.02. The van der Waals surface area contributed by atoms with Crippen LogP contribution in [0, 0.1) is 11.6 Å². The summed E-state index contributed by atoms with van der Waals surface area (Å²) in [4.78, 5) is 24.1. The van der Waals surface area contributed by atoms with Crippen LogP contribution in [-0.4, -0.2) is 51.0 Å². The zero-order valence-electron chi connectivity index (χ0n) is 18.9. The number of rotatable bonds is 4. The molecule has 3 aromatic heterocycles. The second-order valence-corrected chi connectivity index (χ2v) is 8.36. The lowest BCUT2D eigenvalue weighted by molar-refractivity contribution is 0.0958. The van der Waals surface area contributed by atoms with Crippen LogP contribution in [0.4, 0.5) is 20.5 Å². The number of nitrogens with zero attached hydrogens (tertiary/aromatic N) is 5. The van der Waals surface area contributed by atoms with Gasteiger partial charge >= 0.3 is 0 Å². The van der Waals surface area contributed by atoms with Crippen molar-refractivity contribution in [2.75, 3.05) is 30.8 Å². The molecule has 0 saturated carbocycles. The first-order valence-electron chi connectivity index (χ1n) is 11.0. The van der Waals surface area contributed by atoms with Crippen molar-refractivity contribution in [1.82, 2.24) is 24.7 Å². The number of fused-ring (bicyclic) bond motifs is 4. The standard InChI is InChI=1S/C24H19F2N7O3/c1-32(10-12-11-35-16-7-2-3-8-17(16)36-12)24-28-9-13-20-18(21(27)31-30-20)23(34)33(22(13)29-24)15-6-4-5-14(25)19(15)26/h2-9,12H,10-11H2,1H3,(H3,27,30,31). The molecule has 12 heteroatoms. The van der Waals surface area contributed by atoms with Crippen molar-refractivity contribution in [3.8, 4) is 17.2 Å². The number of pyridine rings is 1. The van der Waals surface area contributed by atoms with Gasteiger partial charge in [-0.2, -0.15) is 10.1 Å². The van der Waals surface area contributed by atoms with Gasteiger partial charge in [0.2, 0.25) is 5.95 Å². The molecule has 5 aromatic rings. The number of nitrogen functional groups attached to an aromatic ring is 1. The number of hydrogen-bond donors (Lipinski definition) is 2. The highest BCUT2D eigenvalue weighted by Gasteiger charge is 2.25. The predicted octanol–water partition coefficient (Wildman–Crippen LogP) is 2.79. The van der Waals surface area contributed by atoms with Gasteiger partial charge < -0.3 is 20.1 Å². The molecule has 3 N–H and O–H groups in total. The molecule has 0 amide bonds. The van der Waals surface area contributed by atoms with Crippen LogP contribution in [0.15, 0.2) is 53.5 Å². The summed E-state index contributed by atoms with van der Waals surface area (Å²) in [5.41, 5.74) is 5.26. The highest BCUT2D eigenvalue weighted by Crippen LogP contribution is 2.31. The number of aromatic amines is 1. The number of likely N-dealkylation sites (N-methyl/N-ethyl adjacent to an activating group) is 1. The van der Waals surface area contributed by atoms with Gasteiger partial charge in [0, 0.05) is 13.2 Å². The maximum atomic E-state index is 14.8. The van der Waals surface area contributed by atoms with Crippen molar-refractivity contribution >= 4 is 33.7 Å². The molecule has 0 spiro atoms. The average Bonchev–Trinajstić information content (AvgIpc) is 3.28. The van der Waals surface area contributed by atoms with Gasteiger partial charge in [0.1, 0.15) is 12.0 Å². The molecule has 1 aliphatic heterocycles. The van der Waals surface area contributed by atoms with E-state index in [-0.39, 0.29) is 34.6 Å². The molecule has 182 valence electrons. The Hall–Kier alpha value is -4.74. The Morgan fingerprint density at radius 1 is 1.19 bits per heavy atom. The molecule has 4 heterocycles. The second-order valence-electron chi connectivity index (χ2n) is 8.36. The van der Waals surface area contributed by atoms with Gasteiger partial charge in [-0.3, -0.25) is 14.5 Å². The van der Waals surface area contributed by atoms with Gasteiger partial charge in [-0.1, -0.05) is 18.2 Å². The van der Waals surface area contributed by atoms with E-state index in [9.17, 15) is 13.6 Å². The largest absolute Gasteiger partial charge is 0.486 e. The minimum Gasteiger partial charge on any atom is -0.486 e. The van der Waals surface area contributed by atoms with E-state index in [4.69, 9.17) is 15.2 Å². The van der Waals surface area contributed by atoms with Crippen LogP contribution in [0.5, 0.6) is 11.5 Å². The lowest BCUT2D eigenvalue weighted by atomic mass is 10.2. The van der Waals surface area contributed by atoms with E-state index in [2.05, 4.69) is 20.2 Å². The maximum Gasteiger partial charge on any atom is 0.270 e. The molecule has 0 saturated heterocycles. The number of H-pyrrole nitrogens is 1. The average molecular weight is 491 g/mol. The molecule has 0 fully saturated rings. The molecule has 1 unspecified atom stereocenters. The van der Waals surface area contributed by atoms with Crippen molar-refractivity contribution in [3.05, 3.63) is 70.6 Å². The third-order valence-electron chi connectivity index (χ3n) is 6.01. The smallest absolute Gasteiger partial charge is 0.270 e. The number of halogens is 2. The van der Waals surface area contributed by atoms with Gasteiger partial charge in [-0.15, -0.1) is 0 Å². The fourth-order valence-electron chi connectivity index (χ4n) is 4.30. The molecule has 6 rings (SSSR count). The molecule has 10 nitrogen and oxygen atoms in total. The van der Waals surface area contributed by atoms with Crippen LogP contribution in [0.2, 0.25) is 0 Å². The fourth-order valence-corrected chi connectivity index (χ4v) is 4.30. The monoisotopic (exact) mass is 491 g/mol. The lowest BCUT2D eigenvalue weighted by Gasteiger charge is -2.29. The first-order chi connectivity index (χ1) is 17.4. The van der Waals surface area contributed by atoms with Crippen molar-refractivity contribution in [2.24, 2.45) is 0 Å². The number of ether oxygens (including phenoxy) is 2. The van der Waals surface area contributed by atoms with Crippen LogP contribution >= 0.6 is 0 Å². The molecule has 1 atom stereocenters. The van der Waals surface area contributed by atoms with Crippen molar-refractivity contribution in [3.63, 3.8) is 0 Å². The molecular formula is C24H19F2N7O3. The number of benzene rings is 2. The third kappa shape index (κ3) is 3.37. The second kappa shape index (κ2) is 8.18. The summed E-state index contributed by atoms with van der Waals surface area (Å²) in [5.74, 6) is -0.824. The highest BCUT2D eigenvalue weighted by atomic mass is 19.2. The van der Waals surface area contributed by atoms with E-state index in [0.717, 1.165) is 10.6 Å². The van der Waals surface area contributed by atoms with E-state index < -0.39 is 17.2 Å². The summed E-state index contributed by atoms with van der Waals surface area (Å²) in [7, 11) is 1.75. The minimum atomic E-state index is -1.19. The number of hydrogen-bond acceptors (Lipinski definition) is 8. The molecule has 36 heavy (non-hydrogen) atoms. The quantitative estimate of drug-likeness (QED) is 0.393. The number of para-hydroxylation sites is 2. The van der Waals surface area contributed by atoms with Crippen LogP contribution < -0.4 is 25.7 Å². The SMILES string of the molecule is CN(CC1COc2ccccc2O1)c1ncc2c3[nH]nc(N)c3c(=O)n(-c3cccc(F)c3F)c2n1. The summed E-state index contributed by atoms with van der Waals surface area (Å²) in [6.45, 7) is 0.680. The van der Waals surface area contributed by atoms with E-state index in [1.807, 2.05) is 24.3 Å². The first-order valence-corrected chi connectivity index (χ1v) is 11.0. The Balaban J connectivity index is 1.46. The molecule has 0 bridgehead atoms. The predicted molar refractivity (Wildman–Crippen MR) is 129 cm³/mol. The minimum absolute atomic E-state index is 0.0299. The van der Waals surface area contributed by atoms with Crippen LogP contribution in [-0.2, 0) is 0 Å². The van der Waals surface area contributed by atoms with Gasteiger partial charge in [0.05, 0.1) is 23.1 Å². The number of nitrogens with one attached hydrogen (secondary N) is 1. The van der Waals surface area contributed by atoms with Gasteiger partial charge in [-0.05, 0) is 24.3 Å². The zero-order valence-corrected chi connectivity index (χ0v) is 18.9. The normalized spacial score (nSPS) is 14.9. The van der Waals surface area contributed by atoms with Gasteiger partial charge in [-0.25, -0.2) is 13.8 Å². The van der Waals surface area contributed by atoms with Gasteiger partial charge in [0.25, 0.3) is 5.56 Å². The van der Waals surface area contributed by atoms with Crippen LogP contribution in [0.3, 0.4) is 0 Å². The molecule has 0 radical (unpaired) electrons. The Morgan fingerprint density at radius 2 is 2.00 bits per heavy atom. The Bertz CT molecular complexity index is 1700. The summed E-state index contributed by atoms with van der Waals surface area (Å²) < 4.78 is 41.7. The lowest BCUT2D eigenvalue weighted by Crippen LogP contribution is -2.40. The Morgan fingerprint density at radius 3 is 2.83 bits per heavy atom. The third-order valence-corrected chi connectivity index (χ3v) is 6.01. The number of anilines is 2.